The first-order chi connectivity index (χ1) is 9.27. The van der Waals surface area contributed by atoms with Crippen molar-refractivity contribution >= 4 is 23.1 Å². The lowest BCUT2D eigenvalue weighted by atomic mass is 10.2. The maximum absolute atomic E-state index is 12.3. The molecule has 19 heavy (non-hydrogen) atoms. The summed E-state index contributed by atoms with van der Waals surface area (Å²) in [7, 11) is 0. The fourth-order valence-corrected chi connectivity index (χ4v) is 2.98. The van der Waals surface area contributed by atoms with Crippen LogP contribution in [0.15, 0.2) is 24.4 Å². The molecule has 2 aromatic heterocycles. The number of aromatic nitrogens is 2. The fourth-order valence-electron chi connectivity index (χ4n) is 2.20. The second-order valence-corrected chi connectivity index (χ2v) is 5.26. The Balaban J connectivity index is 1.93. The smallest absolute Gasteiger partial charge is 0.267 e. The van der Waals surface area contributed by atoms with Crippen LogP contribution in [0.1, 0.15) is 22.5 Å². The van der Waals surface area contributed by atoms with Crippen molar-refractivity contribution in [2.75, 3.05) is 18.8 Å². The highest BCUT2D eigenvalue weighted by molar-refractivity contribution is 7.09. The number of carbonyl (C=O) groups is 1. The van der Waals surface area contributed by atoms with Crippen LogP contribution < -0.4 is 5.73 Å². The molecule has 3 heterocycles. The Morgan fingerprint density at radius 2 is 2.11 bits per heavy atom. The molecule has 6 heteroatoms. The van der Waals surface area contributed by atoms with Gasteiger partial charge >= 0.3 is 0 Å². The minimum Gasteiger partial charge on any atom is -0.396 e. The normalized spacial score (nSPS) is 14.8. The van der Waals surface area contributed by atoms with Gasteiger partial charge in [0.2, 0.25) is 0 Å². The molecule has 1 saturated heterocycles. The lowest BCUT2D eigenvalue weighted by Gasteiger charge is -2.13. The van der Waals surface area contributed by atoms with Gasteiger partial charge in [0, 0.05) is 19.3 Å². The highest BCUT2D eigenvalue weighted by atomic mass is 32.1. The van der Waals surface area contributed by atoms with Crippen LogP contribution in [0.4, 0.5) is 5.69 Å². The largest absolute Gasteiger partial charge is 0.396 e. The molecule has 0 spiro atoms. The molecule has 1 aliphatic heterocycles. The molecule has 0 saturated carbocycles. The number of pyridine rings is 1. The van der Waals surface area contributed by atoms with Crippen molar-refractivity contribution in [3.63, 3.8) is 0 Å². The third-order valence-electron chi connectivity index (χ3n) is 3.22. The summed E-state index contributed by atoms with van der Waals surface area (Å²) in [5, 5.41) is 0. The predicted molar refractivity (Wildman–Crippen MR) is 74.9 cm³/mol. The zero-order chi connectivity index (χ0) is 13.2. The Bertz CT molecular complexity index is 590. The molecule has 3 rings (SSSR count). The molecule has 0 unspecified atom stereocenters. The van der Waals surface area contributed by atoms with Crippen molar-refractivity contribution in [2.45, 2.75) is 12.8 Å². The van der Waals surface area contributed by atoms with Gasteiger partial charge in [-0.05, 0) is 36.5 Å². The van der Waals surface area contributed by atoms with Crippen LogP contribution in [0.2, 0.25) is 0 Å². The number of amides is 1. The third kappa shape index (κ3) is 2.19. The maximum Gasteiger partial charge on any atom is 0.267 e. The number of anilines is 1. The Hall–Kier alpha value is -1.95. The van der Waals surface area contributed by atoms with E-state index in [4.69, 9.17) is 5.73 Å². The second-order valence-electron chi connectivity index (χ2n) is 4.49. The number of nitrogens with two attached hydrogens (primary N) is 1. The van der Waals surface area contributed by atoms with Crippen LogP contribution in [-0.4, -0.2) is 33.3 Å². The van der Waals surface area contributed by atoms with E-state index in [-0.39, 0.29) is 5.91 Å². The lowest BCUT2D eigenvalue weighted by Crippen LogP contribution is -2.27. The van der Waals surface area contributed by atoms with E-state index in [1.807, 2.05) is 23.1 Å². The molecule has 0 radical (unpaired) electrons. The van der Waals surface area contributed by atoms with Gasteiger partial charge < -0.3 is 10.6 Å². The van der Waals surface area contributed by atoms with Crippen molar-refractivity contribution in [1.29, 1.82) is 0 Å². The topological polar surface area (TPSA) is 72.1 Å². The van der Waals surface area contributed by atoms with E-state index in [9.17, 15) is 4.79 Å². The van der Waals surface area contributed by atoms with Gasteiger partial charge in [-0.2, -0.15) is 4.37 Å². The van der Waals surface area contributed by atoms with Gasteiger partial charge in [-0.1, -0.05) is 6.07 Å². The monoisotopic (exact) mass is 274 g/mol. The summed E-state index contributed by atoms with van der Waals surface area (Å²) in [5.41, 5.74) is 7.82. The van der Waals surface area contributed by atoms with Crippen molar-refractivity contribution in [3.8, 4) is 11.4 Å². The summed E-state index contributed by atoms with van der Waals surface area (Å²) < 4.78 is 4.29. The van der Waals surface area contributed by atoms with E-state index in [0.717, 1.165) is 37.5 Å². The van der Waals surface area contributed by atoms with E-state index < -0.39 is 0 Å². The SMILES string of the molecule is Nc1c(-c2ccccn2)nsc1C(=O)N1CCCC1. The standard InChI is InChI=1S/C13H14N4OS/c14-10-11(9-5-1-2-6-15-9)16-19-12(10)13(18)17-7-3-4-8-17/h1-2,5-6H,3-4,7-8,14H2. The maximum atomic E-state index is 12.3. The average Bonchev–Trinajstić information content (AvgIpc) is 3.08. The summed E-state index contributed by atoms with van der Waals surface area (Å²) in [4.78, 5) is 18.9. The van der Waals surface area contributed by atoms with Gasteiger partial charge in [0.1, 0.15) is 10.6 Å². The molecule has 2 aromatic rings. The molecule has 0 aliphatic carbocycles. The van der Waals surface area contributed by atoms with E-state index in [1.54, 1.807) is 6.20 Å². The Kier molecular flexibility index (Phi) is 3.16. The van der Waals surface area contributed by atoms with Crippen LogP contribution in [-0.2, 0) is 0 Å². The number of carbonyl (C=O) groups excluding carboxylic acids is 1. The van der Waals surface area contributed by atoms with Gasteiger partial charge in [0.15, 0.2) is 0 Å². The van der Waals surface area contributed by atoms with Gasteiger partial charge in [-0.25, -0.2) is 0 Å². The van der Waals surface area contributed by atoms with Gasteiger partial charge in [0.05, 0.1) is 11.4 Å². The van der Waals surface area contributed by atoms with E-state index >= 15 is 0 Å². The number of nitrogen functional groups attached to an aromatic ring is 1. The summed E-state index contributed by atoms with van der Waals surface area (Å²) >= 11 is 1.16. The Morgan fingerprint density at radius 3 is 2.79 bits per heavy atom. The number of hydrogen-bond donors (Lipinski definition) is 1. The molecule has 5 nitrogen and oxygen atoms in total. The van der Waals surface area contributed by atoms with Crippen LogP contribution in [0, 0.1) is 0 Å². The van der Waals surface area contributed by atoms with Crippen molar-refractivity contribution in [1.82, 2.24) is 14.3 Å². The highest BCUT2D eigenvalue weighted by Gasteiger charge is 2.25. The van der Waals surface area contributed by atoms with E-state index in [0.29, 0.717) is 22.0 Å². The minimum absolute atomic E-state index is 0.00492. The van der Waals surface area contributed by atoms with Gasteiger partial charge in [-0.15, -0.1) is 0 Å². The summed E-state index contributed by atoms with van der Waals surface area (Å²) in [6.07, 6.45) is 3.82. The van der Waals surface area contributed by atoms with Gasteiger partial charge in [-0.3, -0.25) is 9.78 Å². The molecule has 0 aromatic carbocycles. The summed E-state index contributed by atoms with van der Waals surface area (Å²) in [5.74, 6) is -0.00492. The second kappa shape index (κ2) is 4.97. The number of rotatable bonds is 2. The Labute approximate surface area is 115 Å². The molecule has 1 amide bonds. The first-order valence-electron chi connectivity index (χ1n) is 6.23. The fraction of sp³-hybridized carbons (Fsp3) is 0.308. The van der Waals surface area contributed by atoms with Gasteiger partial charge in [0.25, 0.3) is 5.91 Å². The van der Waals surface area contributed by atoms with Crippen molar-refractivity contribution < 1.29 is 4.79 Å². The molecule has 1 fully saturated rings. The average molecular weight is 274 g/mol. The van der Waals surface area contributed by atoms with E-state index in [1.165, 1.54) is 0 Å². The molecular weight excluding hydrogens is 260 g/mol. The van der Waals surface area contributed by atoms with Crippen LogP contribution in [0.5, 0.6) is 0 Å². The summed E-state index contributed by atoms with van der Waals surface area (Å²) in [6, 6.07) is 5.56. The molecule has 0 atom stereocenters. The minimum atomic E-state index is -0.00492. The third-order valence-corrected chi connectivity index (χ3v) is 4.07. The predicted octanol–water partition coefficient (Wildman–Crippen LogP) is 2.02. The van der Waals surface area contributed by atoms with Crippen LogP contribution in [0.3, 0.4) is 0 Å². The van der Waals surface area contributed by atoms with E-state index in [2.05, 4.69) is 9.36 Å². The first-order valence-corrected chi connectivity index (χ1v) is 7.00. The molecule has 2 N–H and O–H groups in total. The highest BCUT2D eigenvalue weighted by Crippen LogP contribution is 2.30. The summed E-state index contributed by atoms with van der Waals surface area (Å²) in [6.45, 7) is 1.63. The zero-order valence-corrected chi connectivity index (χ0v) is 11.2. The lowest BCUT2D eigenvalue weighted by molar-refractivity contribution is 0.0798. The quantitative estimate of drug-likeness (QED) is 0.909. The number of nitrogens with zero attached hydrogens (tertiary/aromatic N) is 3. The number of likely N-dealkylation sites (tertiary alicyclic amines) is 1. The van der Waals surface area contributed by atoms with Crippen LogP contribution >= 0.6 is 11.5 Å². The van der Waals surface area contributed by atoms with Crippen molar-refractivity contribution in [3.05, 3.63) is 29.3 Å². The molecular formula is C13H14N4OS. The number of hydrogen-bond acceptors (Lipinski definition) is 5. The first kappa shape index (κ1) is 12.1. The molecule has 1 aliphatic rings. The molecule has 0 bridgehead atoms. The molecule has 98 valence electrons. The Morgan fingerprint density at radius 1 is 1.32 bits per heavy atom. The van der Waals surface area contributed by atoms with Crippen LogP contribution in [0.25, 0.3) is 11.4 Å². The van der Waals surface area contributed by atoms with Crippen molar-refractivity contribution in [2.24, 2.45) is 0 Å². The zero-order valence-electron chi connectivity index (χ0n) is 10.4.